The van der Waals surface area contributed by atoms with Gasteiger partial charge in [-0.2, -0.15) is 0 Å². The summed E-state index contributed by atoms with van der Waals surface area (Å²) >= 11 is 4.91. The van der Waals surface area contributed by atoms with E-state index in [9.17, 15) is 9.90 Å². The molecule has 6 heteroatoms. The maximum atomic E-state index is 11.6. The Hall–Kier alpha value is -1.53. The summed E-state index contributed by atoms with van der Waals surface area (Å²) in [6.07, 6.45) is 0.401. The highest BCUT2D eigenvalue weighted by Gasteiger charge is 2.22. The van der Waals surface area contributed by atoms with Crippen molar-refractivity contribution in [1.82, 2.24) is 0 Å². The summed E-state index contributed by atoms with van der Waals surface area (Å²) in [5.74, 6) is -0.152. The van der Waals surface area contributed by atoms with Crippen LogP contribution in [0, 0.1) is 0 Å². The molecule has 0 spiro atoms. The van der Waals surface area contributed by atoms with Crippen LogP contribution in [0.1, 0.15) is 23.3 Å². The van der Waals surface area contributed by atoms with E-state index in [1.54, 1.807) is 7.11 Å². The number of carboxylic acids is 1. The second kappa shape index (κ2) is 7.65. The van der Waals surface area contributed by atoms with Gasteiger partial charge in [0.15, 0.2) is 11.5 Å². The highest BCUT2D eigenvalue weighted by atomic mass is 79.9. The van der Waals surface area contributed by atoms with Crippen molar-refractivity contribution in [3.8, 4) is 11.5 Å². The second-order valence-corrected chi connectivity index (χ2v) is 6.49. The molecule has 1 unspecified atom stereocenters. The average molecular weight is 385 g/mol. The lowest BCUT2D eigenvalue weighted by molar-refractivity contribution is -0.138. The Morgan fingerprint density at radius 3 is 2.77 bits per heavy atom. The number of aliphatic carboxylic acids is 1. The van der Waals surface area contributed by atoms with E-state index in [1.165, 1.54) is 11.3 Å². The van der Waals surface area contributed by atoms with Crippen LogP contribution in [0.5, 0.6) is 11.5 Å². The van der Waals surface area contributed by atoms with Gasteiger partial charge in [0.05, 0.1) is 24.1 Å². The zero-order chi connectivity index (χ0) is 16.1. The van der Waals surface area contributed by atoms with E-state index in [0.717, 1.165) is 14.9 Å². The second-order valence-electron chi connectivity index (χ2n) is 4.65. The van der Waals surface area contributed by atoms with Gasteiger partial charge in [-0.25, -0.2) is 0 Å². The van der Waals surface area contributed by atoms with Gasteiger partial charge in [-0.3, -0.25) is 4.79 Å². The van der Waals surface area contributed by atoms with Crippen molar-refractivity contribution in [3.05, 3.63) is 44.6 Å². The van der Waals surface area contributed by atoms with E-state index in [-0.39, 0.29) is 0 Å². The van der Waals surface area contributed by atoms with Crippen molar-refractivity contribution >= 4 is 33.2 Å². The molecule has 4 nitrogen and oxygen atoms in total. The van der Waals surface area contributed by atoms with E-state index in [0.29, 0.717) is 24.5 Å². The lowest BCUT2D eigenvalue weighted by atomic mass is 9.97. The first-order valence-electron chi connectivity index (χ1n) is 6.82. The van der Waals surface area contributed by atoms with Gasteiger partial charge >= 0.3 is 5.97 Å². The molecule has 2 aromatic rings. The zero-order valence-corrected chi connectivity index (χ0v) is 14.7. The SMILES string of the molecule is CCOc1cc(CC(C(=O)O)c2cccs2)cc(Br)c1OC. The first-order valence-corrected chi connectivity index (χ1v) is 8.49. The van der Waals surface area contributed by atoms with Crippen LogP contribution in [-0.4, -0.2) is 24.8 Å². The molecular formula is C16H17BrO4S. The minimum atomic E-state index is -0.827. The van der Waals surface area contributed by atoms with Crippen LogP contribution in [-0.2, 0) is 11.2 Å². The van der Waals surface area contributed by atoms with Gasteiger partial charge in [-0.05, 0) is 58.4 Å². The maximum Gasteiger partial charge on any atom is 0.312 e. The predicted molar refractivity (Wildman–Crippen MR) is 90.3 cm³/mol. The summed E-state index contributed by atoms with van der Waals surface area (Å²) in [6.45, 7) is 2.41. The molecule has 1 heterocycles. The Labute approximate surface area is 141 Å². The molecule has 0 amide bonds. The number of hydrogen-bond acceptors (Lipinski definition) is 4. The molecular weight excluding hydrogens is 368 g/mol. The largest absolute Gasteiger partial charge is 0.492 e. The first kappa shape index (κ1) is 16.8. The molecule has 0 aliphatic rings. The Morgan fingerprint density at radius 1 is 1.45 bits per heavy atom. The molecule has 118 valence electrons. The monoisotopic (exact) mass is 384 g/mol. The zero-order valence-electron chi connectivity index (χ0n) is 12.3. The number of halogens is 1. The number of benzene rings is 1. The molecule has 22 heavy (non-hydrogen) atoms. The number of thiophene rings is 1. The molecule has 0 fully saturated rings. The quantitative estimate of drug-likeness (QED) is 0.771. The summed E-state index contributed by atoms with van der Waals surface area (Å²) in [7, 11) is 1.58. The number of carboxylic acid groups (broad SMARTS) is 1. The number of rotatable bonds is 7. The molecule has 0 bridgehead atoms. The van der Waals surface area contributed by atoms with Gasteiger partial charge < -0.3 is 14.6 Å². The predicted octanol–water partition coefficient (Wildman–Crippen LogP) is 4.33. The molecule has 0 saturated heterocycles. The molecule has 0 saturated carbocycles. The number of ether oxygens (including phenoxy) is 2. The van der Waals surface area contributed by atoms with E-state index in [1.807, 2.05) is 36.6 Å². The Bertz CT molecular complexity index is 640. The summed E-state index contributed by atoms with van der Waals surface area (Å²) in [5, 5.41) is 11.4. The van der Waals surface area contributed by atoms with E-state index in [4.69, 9.17) is 9.47 Å². The van der Waals surface area contributed by atoms with Gasteiger partial charge in [0.2, 0.25) is 0 Å². The van der Waals surface area contributed by atoms with E-state index < -0.39 is 11.9 Å². The van der Waals surface area contributed by atoms with Gasteiger partial charge in [0, 0.05) is 4.88 Å². The molecule has 2 rings (SSSR count). The summed E-state index contributed by atoms with van der Waals surface area (Å²) in [6, 6.07) is 7.44. The highest BCUT2D eigenvalue weighted by molar-refractivity contribution is 9.10. The molecule has 1 N–H and O–H groups in total. The molecule has 0 aliphatic heterocycles. The van der Waals surface area contributed by atoms with Crippen LogP contribution in [0.2, 0.25) is 0 Å². The third kappa shape index (κ3) is 3.81. The summed E-state index contributed by atoms with van der Waals surface area (Å²) < 4.78 is 11.7. The van der Waals surface area contributed by atoms with Crippen LogP contribution < -0.4 is 9.47 Å². The molecule has 1 aromatic carbocycles. The average Bonchev–Trinajstić information content (AvgIpc) is 2.98. The third-order valence-electron chi connectivity index (χ3n) is 3.20. The fraction of sp³-hybridized carbons (Fsp3) is 0.312. The first-order chi connectivity index (χ1) is 10.6. The highest BCUT2D eigenvalue weighted by Crippen LogP contribution is 2.38. The molecule has 1 aromatic heterocycles. The smallest absolute Gasteiger partial charge is 0.312 e. The van der Waals surface area contributed by atoms with Crippen molar-refractivity contribution < 1.29 is 19.4 Å². The fourth-order valence-corrected chi connectivity index (χ4v) is 3.71. The Balaban J connectivity index is 2.33. The van der Waals surface area contributed by atoms with Crippen LogP contribution in [0.15, 0.2) is 34.1 Å². The number of carbonyl (C=O) groups is 1. The van der Waals surface area contributed by atoms with Crippen LogP contribution in [0.25, 0.3) is 0 Å². The van der Waals surface area contributed by atoms with Crippen molar-refractivity contribution in [2.24, 2.45) is 0 Å². The number of methoxy groups -OCH3 is 1. The van der Waals surface area contributed by atoms with Crippen LogP contribution >= 0.6 is 27.3 Å². The van der Waals surface area contributed by atoms with E-state index in [2.05, 4.69) is 15.9 Å². The summed E-state index contributed by atoms with van der Waals surface area (Å²) in [4.78, 5) is 12.4. The van der Waals surface area contributed by atoms with Crippen LogP contribution in [0.3, 0.4) is 0 Å². The third-order valence-corrected chi connectivity index (χ3v) is 4.77. The molecule has 0 aliphatic carbocycles. The van der Waals surface area contributed by atoms with Gasteiger partial charge in [-0.15, -0.1) is 11.3 Å². The standard InChI is InChI=1S/C16H17BrO4S/c1-3-21-13-9-10(8-12(17)15(13)20-2)7-11(16(18)19)14-5-4-6-22-14/h4-6,8-9,11H,3,7H2,1-2H3,(H,18,19). The lowest BCUT2D eigenvalue weighted by Crippen LogP contribution is -2.13. The number of hydrogen-bond donors (Lipinski definition) is 1. The van der Waals surface area contributed by atoms with Gasteiger partial charge in [0.1, 0.15) is 0 Å². The van der Waals surface area contributed by atoms with Crippen molar-refractivity contribution in [2.75, 3.05) is 13.7 Å². The van der Waals surface area contributed by atoms with Crippen molar-refractivity contribution in [2.45, 2.75) is 19.3 Å². The van der Waals surface area contributed by atoms with Crippen molar-refractivity contribution in [3.63, 3.8) is 0 Å². The normalized spacial score (nSPS) is 12.0. The minimum Gasteiger partial charge on any atom is -0.492 e. The summed E-state index contributed by atoms with van der Waals surface area (Å²) in [5.41, 5.74) is 0.886. The van der Waals surface area contributed by atoms with E-state index >= 15 is 0 Å². The minimum absolute atomic E-state index is 0.401. The molecule has 0 radical (unpaired) electrons. The topological polar surface area (TPSA) is 55.8 Å². The van der Waals surface area contributed by atoms with Gasteiger partial charge in [0.25, 0.3) is 0 Å². The Morgan fingerprint density at radius 2 is 2.23 bits per heavy atom. The fourth-order valence-electron chi connectivity index (χ4n) is 2.24. The van der Waals surface area contributed by atoms with Gasteiger partial charge in [-0.1, -0.05) is 6.07 Å². The Kier molecular flexibility index (Phi) is 5.85. The lowest BCUT2D eigenvalue weighted by Gasteiger charge is -2.15. The molecule has 1 atom stereocenters. The van der Waals surface area contributed by atoms with Crippen molar-refractivity contribution in [1.29, 1.82) is 0 Å². The van der Waals surface area contributed by atoms with Crippen LogP contribution in [0.4, 0.5) is 0 Å². The maximum absolute atomic E-state index is 11.6.